The maximum atomic E-state index is 12.5. The maximum absolute atomic E-state index is 12.5. The molecule has 1 aliphatic carbocycles. The third-order valence-electron chi connectivity index (χ3n) is 5.29. The van der Waals surface area contributed by atoms with Crippen LogP contribution in [0.3, 0.4) is 0 Å². The van der Waals surface area contributed by atoms with Crippen LogP contribution in [0.4, 0.5) is 5.00 Å². The number of rotatable bonds is 7. The Kier molecular flexibility index (Phi) is 6.67. The number of anilines is 1. The van der Waals surface area contributed by atoms with Gasteiger partial charge in [0.2, 0.25) is 17.6 Å². The largest absolute Gasteiger partial charge is 0.365 e. The summed E-state index contributed by atoms with van der Waals surface area (Å²) in [6.45, 7) is 0. The van der Waals surface area contributed by atoms with E-state index >= 15 is 0 Å². The molecule has 0 unspecified atom stereocenters. The molecule has 3 aromatic rings. The van der Waals surface area contributed by atoms with E-state index in [1.165, 1.54) is 16.2 Å². The molecule has 4 rings (SSSR count). The van der Waals surface area contributed by atoms with Crippen molar-refractivity contribution in [1.82, 2.24) is 10.1 Å². The summed E-state index contributed by atoms with van der Waals surface area (Å²) in [5.74, 6) is 0.326. The number of benzene rings is 1. The maximum Gasteiger partial charge on any atom is 0.251 e. The lowest BCUT2D eigenvalue weighted by Gasteiger charge is -2.06. The Morgan fingerprint density at radius 3 is 2.71 bits per heavy atom. The summed E-state index contributed by atoms with van der Waals surface area (Å²) < 4.78 is 5.28. The molecule has 1 aliphatic rings. The summed E-state index contributed by atoms with van der Waals surface area (Å²) in [5, 5.41) is 8.08. The molecule has 2 aromatic heterocycles. The van der Waals surface area contributed by atoms with Gasteiger partial charge in [-0.25, -0.2) is 0 Å². The molecule has 1 aromatic carbocycles. The normalized spacial score (nSPS) is 13.5. The van der Waals surface area contributed by atoms with Gasteiger partial charge in [0, 0.05) is 28.3 Å². The van der Waals surface area contributed by atoms with Gasteiger partial charge < -0.3 is 15.6 Å². The molecule has 0 saturated carbocycles. The minimum atomic E-state index is -0.477. The fourth-order valence-corrected chi connectivity index (χ4v) is 5.19. The first-order valence-corrected chi connectivity index (χ1v) is 11.5. The van der Waals surface area contributed by atoms with E-state index in [1.807, 2.05) is 12.1 Å². The van der Waals surface area contributed by atoms with E-state index in [0.29, 0.717) is 40.1 Å². The van der Waals surface area contributed by atoms with E-state index in [4.69, 9.17) is 21.9 Å². The van der Waals surface area contributed by atoms with Crippen LogP contribution >= 0.6 is 22.9 Å². The van der Waals surface area contributed by atoms with Crippen LogP contribution in [0.5, 0.6) is 0 Å². The smallest absolute Gasteiger partial charge is 0.251 e. The van der Waals surface area contributed by atoms with Crippen molar-refractivity contribution in [3.63, 3.8) is 0 Å². The summed E-state index contributed by atoms with van der Waals surface area (Å²) in [4.78, 5) is 30.0. The molecule has 7 nitrogen and oxygen atoms in total. The van der Waals surface area contributed by atoms with Crippen LogP contribution in [-0.4, -0.2) is 22.0 Å². The first-order chi connectivity index (χ1) is 15.0. The molecule has 3 N–H and O–H groups in total. The predicted octanol–water partition coefficient (Wildman–Crippen LogP) is 4.78. The quantitative estimate of drug-likeness (QED) is 0.495. The highest BCUT2D eigenvalue weighted by Gasteiger charge is 2.24. The summed E-state index contributed by atoms with van der Waals surface area (Å²) >= 11 is 7.38. The molecular weight excluding hydrogens is 436 g/mol. The van der Waals surface area contributed by atoms with Gasteiger partial charge in [0.25, 0.3) is 5.91 Å². The van der Waals surface area contributed by atoms with Gasteiger partial charge in [-0.05, 0) is 61.9 Å². The number of hydrogen-bond acceptors (Lipinski definition) is 6. The van der Waals surface area contributed by atoms with Crippen molar-refractivity contribution >= 4 is 39.8 Å². The van der Waals surface area contributed by atoms with Crippen LogP contribution in [0.1, 0.15) is 58.8 Å². The van der Waals surface area contributed by atoms with E-state index in [9.17, 15) is 9.59 Å². The minimum absolute atomic E-state index is 0.156. The molecule has 0 aliphatic heterocycles. The lowest BCUT2D eigenvalue weighted by molar-refractivity contribution is -0.116. The molecular formula is C22H23ClN4O3S. The average Bonchev–Trinajstić information content (AvgIpc) is 3.27. The fourth-order valence-electron chi connectivity index (χ4n) is 3.75. The number of hydrogen-bond donors (Lipinski definition) is 2. The van der Waals surface area contributed by atoms with E-state index in [2.05, 4.69) is 15.5 Å². The van der Waals surface area contributed by atoms with E-state index in [0.717, 1.165) is 43.2 Å². The van der Waals surface area contributed by atoms with Gasteiger partial charge >= 0.3 is 0 Å². The number of nitrogens with one attached hydrogen (secondary N) is 1. The number of aromatic nitrogens is 2. The van der Waals surface area contributed by atoms with Gasteiger partial charge in [-0.2, -0.15) is 4.98 Å². The van der Waals surface area contributed by atoms with Gasteiger partial charge in [0.15, 0.2) is 0 Å². The van der Waals surface area contributed by atoms with Crippen molar-refractivity contribution < 1.29 is 14.1 Å². The highest BCUT2D eigenvalue weighted by Crippen LogP contribution is 2.37. The summed E-state index contributed by atoms with van der Waals surface area (Å²) in [7, 11) is 0. The number of primary amides is 1. The topological polar surface area (TPSA) is 111 Å². The lowest BCUT2D eigenvalue weighted by atomic mass is 10.1. The Balaban J connectivity index is 1.34. The van der Waals surface area contributed by atoms with Crippen LogP contribution in [0.2, 0.25) is 5.02 Å². The second-order valence-electron chi connectivity index (χ2n) is 7.55. The summed E-state index contributed by atoms with van der Waals surface area (Å²) in [6, 6.07) is 7.18. The van der Waals surface area contributed by atoms with Crippen LogP contribution in [-0.2, 0) is 24.1 Å². The van der Waals surface area contributed by atoms with Crippen LogP contribution < -0.4 is 11.1 Å². The first kappa shape index (κ1) is 21.5. The molecule has 9 heteroatoms. The third-order valence-corrected chi connectivity index (χ3v) is 6.74. The van der Waals surface area contributed by atoms with Crippen molar-refractivity contribution in [2.24, 2.45) is 5.73 Å². The number of nitrogens with two attached hydrogens (primary N) is 1. The molecule has 0 radical (unpaired) electrons. The Morgan fingerprint density at radius 1 is 1.16 bits per heavy atom. The molecule has 2 amide bonds. The Bertz CT molecular complexity index is 1090. The predicted molar refractivity (Wildman–Crippen MR) is 120 cm³/mol. The zero-order valence-corrected chi connectivity index (χ0v) is 18.5. The number of thiophene rings is 1. The van der Waals surface area contributed by atoms with Gasteiger partial charge in [-0.15, -0.1) is 11.3 Å². The Hall–Kier alpha value is -2.71. The zero-order chi connectivity index (χ0) is 21.8. The molecule has 31 heavy (non-hydrogen) atoms. The van der Waals surface area contributed by atoms with Crippen molar-refractivity contribution in [3.8, 4) is 11.4 Å². The second-order valence-corrected chi connectivity index (χ2v) is 9.09. The SMILES string of the molecule is NC(=O)c1c(NC(=O)CCCc2nc(-c3ccc(Cl)cc3)no2)sc2c1CCCCC2. The van der Waals surface area contributed by atoms with Crippen molar-refractivity contribution in [2.45, 2.75) is 51.4 Å². The van der Waals surface area contributed by atoms with Gasteiger partial charge in [-0.3, -0.25) is 9.59 Å². The van der Waals surface area contributed by atoms with Crippen molar-refractivity contribution in [2.75, 3.05) is 5.32 Å². The van der Waals surface area contributed by atoms with Gasteiger partial charge in [0.05, 0.1) is 5.56 Å². The molecule has 2 heterocycles. The van der Waals surface area contributed by atoms with Crippen LogP contribution in [0, 0.1) is 0 Å². The Morgan fingerprint density at radius 2 is 1.94 bits per heavy atom. The minimum Gasteiger partial charge on any atom is -0.365 e. The fraction of sp³-hybridized carbons (Fsp3) is 0.364. The third kappa shape index (κ3) is 5.14. The number of fused-ring (bicyclic) bond motifs is 1. The zero-order valence-electron chi connectivity index (χ0n) is 16.9. The van der Waals surface area contributed by atoms with Crippen molar-refractivity contribution in [1.29, 1.82) is 0 Å². The molecule has 0 atom stereocenters. The van der Waals surface area contributed by atoms with E-state index in [1.54, 1.807) is 12.1 Å². The number of amides is 2. The Labute approximate surface area is 189 Å². The average molecular weight is 459 g/mol. The van der Waals surface area contributed by atoms with E-state index < -0.39 is 5.91 Å². The molecule has 162 valence electrons. The number of nitrogens with zero attached hydrogens (tertiary/aromatic N) is 2. The highest BCUT2D eigenvalue weighted by molar-refractivity contribution is 7.17. The highest BCUT2D eigenvalue weighted by atomic mass is 35.5. The first-order valence-electron chi connectivity index (χ1n) is 10.3. The summed E-state index contributed by atoms with van der Waals surface area (Å²) in [6.07, 6.45) is 6.37. The van der Waals surface area contributed by atoms with Gasteiger partial charge in [-0.1, -0.05) is 23.2 Å². The number of halogens is 1. The van der Waals surface area contributed by atoms with Crippen LogP contribution in [0.15, 0.2) is 28.8 Å². The number of aryl methyl sites for hydroxylation is 2. The number of carbonyl (C=O) groups is 2. The van der Waals surface area contributed by atoms with Crippen molar-refractivity contribution in [3.05, 3.63) is 51.2 Å². The van der Waals surface area contributed by atoms with Crippen LogP contribution in [0.25, 0.3) is 11.4 Å². The molecule has 0 fully saturated rings. The molecule has 0 saturated heterocycles. The monoisotopic (exact) mass is 458 g/mol. The van der Waals surface area contributed by atoms with E-state index in [-0.39, 0.29) is 12.3 Å². The van der Waals surface area contributed by atoms with Gasteiger partial charge in [0.1, 0.15) is 5.00 Å². The molecule has 0 bridgehead atoms. The molecule has 0 spiro atoms. The lowest BCUT2D eigenvalue weighted by Crippen LogP contribution is -2.18. The summed E-state index contributed by atoms with van der Waals surface area (Å²) in [5.41, 5.74) is 7.94. The standard InChI is InChI=1S/C22H23ClN4O3S/c23-14-11-9-13(10-12-14)21-26-18(30-27-21)8-4-7-17(28)25-22-19(20(24)29)15-5-2-1-3-6-16(15)31-22/h9-12H,1-8H2,(H2,24,29)(H,25,28). The number of carbonyl (C=O) groups excluding carboxylic acids is 2. The second kappa shape index (κ2) is 9.62.